The normalized spacial score (nSPS) is 15.0. The molecule has 2 atom stereocenters. The number of hydrogen-bond donors (Lipinski definition) is 1. The summed E-state index contributed by atoms with van der Waals surface area (Å²) in [4.78, 5) is 27.6. The van der Waals surface area contributed by atoms with Crippen LogP contribution in [-0.2, 0) is 0 Å². The van der Waals surface area contributed by atoms with E-state index in [-0.39, 0.29) is 22.3 Å². The number of nitrogens with one attached hydrogen (secondary N) is 1. The predicted molar refractivity (Wildman–Crippen MR) is 125 cm³/mol. The molecule has 1 aromatic carbocycles. The first-order valence-electron chi connectivity index (χ1n) is 9.62. The van der Waals surface area contributed by atoms with E-state index in [9.17, 15) is 9.18 Å². The molecule has 1 N–H and O–H groups in total. The van der Waals surface area contributed by atoms with E-state index in [0.29, 0.717) is 29.2 Å². The fourth-order valence-electron chi connectivity index (χ4n) is 3.48. The van der Waals surface area contributed by atoms with Gasteiger partial charge in [0.2, 0.25) is 0 Å². The van der Waals surface area contributed by atoms with Crippen molar-refractivity contribution in [3.05, 3.63) is 60.3 Å². The molecule has 1 fully saturated rings. The zero-order valence-electron chi connectivity index (χ0n) is 16.9. The average molecular weight is 457 g/mol. The molecule has 3 heterocycles. The number of benzene rings is 1. The van der Waals surface area contributed by atoms with Crippen molar-refractivity contribution in [3.8, 4) is 17.1 Å². The van der Waals surface area contributed by atoms with Crippen molar-refractivity contribution >= 4 is 35.9 Å². The molecule has 0 bridgehead atoms. The maximum absolute atomic E-state index is 14.6. The zero-order chi connectivity index (χ0) is 22.0. The lowest BCUT2D eigenvalue weighted by atomic mass is 10.0. The van der Waals surface area contributed by atoms with Gasteiger partial charge in [-0.25, -0.2) is 19.3 Å². The third-order valence-corrected chi connectivity index (χ3v) is 5.98. The first-order valence-corrected chi connectivity index (χ1v) is 10.8. The highest BCUT2D eigenvalue weighted by Crippen LogP contribution is 2.42. The number of nitrogens with zero attached hydrogens (tertiary/aromatic N) is 4. The number of amides is 1. The summed E-state index contributed by atoms with van der Waals surface area (Å²) in [5, 5.41) is 2.92. The van der Waals surface area contributed by atoms with E-state index in [0.717, 1.165) is 13.0 Å². The lowest BCUT2D eigenvalue weighted by molar-refractivity contribution is 0.102. The number of carbonyl (C=O) groups is 1. The molecule has 1 aliphatic heterocycles. The Morgan fingerprint density at radius 3 is 2.55 bits per heavy atom. The molecule has 7 nitrogen and oxygen atoms in total. The molecule has 1 saturated heterocycles. The minimum Gasteiger partial charge on any atom is -0.467 e. The smallest absolute Gasteiger partial charge is 0.316 e. The van der Waals surface area contributed by atoms with Gasteiger partial charge < -0.3 is 15.0 Å². The van der Waals surface area contributed by atoms with Gasteiger partial charge in [0, 0.05) is 47.7 Å². The monoisotopic (exact) mass is 457 g/mol. The van der Waals surface area contributed by atoms with Crippen LogP contribution >= 0.6 is 18.5 Å². The van der Waals surface area contributed by atoms with Crippen molar-refractivity contribution in [2.45, 2.75) is 11.3 Å². The van der Waals surface area contributed by atoms with E-state index >= 15 is 0 Å². The molecule has 3 aromatic rings. The highest BCUT2D eigenvalue weighted by molar-refractivity contribution is 7.40. The molecule has 2 aromatic heterocycles. The minimum absolute atomic E-state index is 0.0409. The maximum Gasteiger partial charge on any atom is 0.316 e. The Morgan fingerprint density at radius 2 is 1.90 bits per heavy atom. The second-order valence-corrected chi connectivity index (χ2v) is 10.3. The van der Waals surface area contributed by atoms with Crippen LogP contribution in [0.25, 0.3) is 11.1 Å². The third kappa shape index (κ3) is 4.65. The molecule has 4 rings (SSSR count). The van der Waals surface area contributed by atoms with Gasteiger partial charge >= 0.3 is 6.01 Å². The number of halogens is 1. The van der Waals surface area contributed by atoms with Crippen LogP contribution in [0, 0.1) is 5.82 Å². The zero-order valence-corrected chi connectivity index (χ0v) is 19.2. The number of methoxy groups -OCH3 is 1. The average Bonchev–Trinajstić information content (AvgIpc) is 3.14. The summed E-state index contributed by atoms with van der Waals surface area (Å²) < 4.78 is 19.6. The first kappa shape index (κ1) is 21.5. The Labute approximate surface area is 184 Å². The molecule has 1 aliphatic rings. The summed E-state index contributed by atoms with van der Waals surface area (Å²) in [5.74, 6) is -0.206. The number of hydrogen-bond acceptors (Lipinski definition) is 6. The number of rotatable bonds is 5. The second kappa shape index (κ2) is 8.81. The van der Waals surface area contributed by atoms with Crippen LogP contribution in [0.4, 0.5) is 15.9 Å². The van der Waals surface area contributed by atoms with Gasteiger partial charge in [-0.3, -0.25) is 4.79 Å². The van der Waals surface area contributed by atoms with E-state index in [4.69, 9.17) is 4.74 Å². The van der Waals surface area contributed by atoms with Crippen molar-refractivity contribution in [2.24, 2.45) is 0 Å². The molecule has 0 spiro atoms. The van der Waals surface area contributed by atoms with Crippen LogP contribution in [-0.4, -0.2) is 46.0 Å². The molecule has 31 heavy (non-hydrogen) atoms. The fourth-order valence-corrected chi connectivity index (χ4v) is 4.18. The summed E-state index contributed by atoms with van der Waals surface area (Å²) in [5.41, 5.74) is 1.63. The van der Waals surface area contributed by atoms with E-state index in [1.54, 1.807) is 30.5 Å². The van der Waals surface area contributed by atoms with Crippen LogP contribution in [0.2, 0.25) is 0 Å². The summed E-state index contributed by atoms with van der Waals surface area (Å²) in [6.45, 7) is 1.47. The molecule has 0 saturated carbocycles. The lowest BCUT2D eigenvalue weighted by Crippen LogP contribution is -2.26. The van der Waals surface area contributed by atoms with E-state index < -0.39 is 5.91 Å². The van der Waals surface area contributed by atoms with Gasteiger partial charge in [0.15, 0.2) is 5.82 Å². The van der Waals surface area contributed by atoms with Gasteiger partial charge in [0.05, 0.1) is 18.4 Å². The van der Waals surface area contributed by atoms with Crippen molar-refractivity contribution in [3.63, 3.8) is 0 Å². The summed E-state index contributed by atoms with van der Waals surface area (Å²) in [6, 6.07) is 8.33. The minimum atomic E-state index is -0.420. The van der Waals surface area contributed by atoms with Gasteiger partial charge in [-0.2, -0.15) is 0 Å². The molecular weight excluding hydrogens is 435 g/mol. The van der Waals surface area contributed by atoms with Crippen LogP contribution in [0.15, 0.2) is 48.9 Å². The molecule has 1 amide bonds. The van der Waals surface area contributed by atoms with Crippen LogP contribution in [0.5, 0.6) is 6.01 Å². The van der Waals surface area contributed by atoms with Gasteiger partial charge in [-0.05, 0) is 18.6 Å². The number of anilines is 2. The lowest BCUT2D eigenvalue weighted by Gasteiger charge is -2.24. The Kier molecular flexibility index (Phi) is 6.12. The quantitative estimate of drug-likeness (QED) is 0.590. The van der Waals surface area contributed by atoms with Crippen molar-refractivity contribution in [2.75, 3.05) is 30.4 Å². The van der Waals surface area contributed by atoms with Gasteiger partial charge in [-0.15, -0.1) is 18.5 Å². The number of pyridine rings is 1. The van der Waals surface area contributed by atoms with Crippen LogP contribution in [0.3, 0.4) is 0 Å². The van der Waals surface area contributed by atoms with E-state index in [1.807, 2.05) is 0 Å². The molecule has 10 heteroatoms. The first-order chi connectivity index (χ1) is 14.9. The maximum atomic E-state index is 14.6. The molecular formula is C21H22FN5O2P2. The molecule has 0 radical (unpaired) electrons. The predicted octanol–water partition coefficient (Wildman–Crippen LogP) is 3.60. The number of ether oxygens (including phenoxy) is 1. The molecule has 160 valence electrons. The standard InChI is InChI=1S/C21H22FN5O2P2/c1-29-20-24-10-13(11-25-20)19(28)26-17-15(14-4-2-3-5-16(14)22)6-8-23-18(17)27-9-7-21(30,31)12-27/h2-6,8,10-11H,7,9,12,30-31H2,1H3,(H,26,28). The molecule has 0 aliphatic carbocycles. The Morgan fingerprint density at radius 1 is 1.16 bits per heavy atom. The third-order valence-electron chi connectivity index (χ3n) is 5.04. The number of carbonyl (C=O) groups excluding carboxylic acids is 1. The number of aromatic nitrogens is 3. The van der Waals surface area contributed by atoms with E-state index in [2.05, 4.69) is 43.6 Å². The van der Waals surface area contributed by atoms with Crippen LogP contribution < -0.4 is 15.0 Å². The Balaban J connectivity index is 1.77. The van der Waals surface area contributed by atoms with Gasteiger partial charge in [0.25, 0.3) is 5.91 Å². The Hall–Kier alpha value is -2.69. The largest absolute Gasteiger partial charge is 0.467 e. The van der Waals surface area contributed by atoms with Crippen molar-refractivity contribution < 1.29 is 13.9 Å². The van der Waals surface area contributed by atoms with Gasteiger partial charge in [0.1, 0.15) is 5.82 Å². The second-order valence-electron chi connectivity index (χ2n) is 7.35. The summed E-state index contributed by atoms with van der Waals surface area (Å²) in [7, 11) is 7.14. The summed E-state index contributed by atoms with van der Waals surface area (Å²) >= 11 is 0. The highest BCUT2D eigenvalue weighted by atomic mass is 31.1. The SMILES string of the molecule is COc1ncc(C(=O)Nc2c(-c3ccccc3F)ccnc2N2CCC(P)(P)C2)cn1. The van der Waals surface area contributed by atoms with Crippen LogP contribution in [0.1, 0.15) is 16.8 Å². The van der Waals surface area contributed by atoms with Crippen molar-refractivity contribution in [1.82, 2.24) is 15.0 Å². The van der Waals surface area contributed by atoms with Crippen molar-refractivity contribution in [1.29, 1.82) is 0 Å². The van der Waals surface area contributed by atoms with Gasteiger partial charge in [-0.1, -0.05) is 18.2 Å². The topological polar surface area (TPSA) is 80.2 Å². The molecule has 2 unspecified atom stereocenters. The Bertz CT molecular complexity index is 1110. The highest BCUT2D eigenvalue weighted by Gasteiger charge is 2.32. The fraction of sp³-hybridized carbons (Fsp3) is 0.238. The van der Waals surface area contributed by atoms with E-state index in [1.165, 1.54) is 25.6 Å². The summed E-state index contributed by atoms with van der Waals surface area (Å²) in [6.07, 6.45) is 5.32.